The van der Waals surface area contributed by atoms with E-state index in [-0.39, 0.29) is 6.04 Å². The highest BCUT2D eigenvalue weighted by Gasteiger charge is 2.33. The van der Waals surface area contributed by atoms with Crippen molar-refractivity contribution in [1.82, 2.24) is 10.2 Å². The van der Waals surface area contributed by atoms with Gasteiger partial charge in [0.15, 0.2) is 0 Å². The van der Waals surface area contributed by atoms with Gasteiger partial charge in [0.25, 0.3) is 0 Å². The Morgan fingerprint density at radius 2 is 1.70 bits per heavy atom. The Labute approximate surface area is 200 Å². The second-order valence-corrected chi connectivity index (χ2v) is 10.6. The van der Waals surface area contributed by atoms with Crippen LogP contribution >= 0.6 is 11.3 Å². The maximum atomic E-state index is 3.82. The number of rotatable bonds is 4. The fraction of sp³-hybridized carbons (Fsp3) is 0.357. The minimum atomic E-state index is 0.190. The Hall–Kier alpha value is -2.76. The number of likely N-dealkylation sites (tertiary alicyclic amines) is 1. The molecule has 0 spiro atoms. The van der Waals surface area contributed by atoms with Crippen LogP contribution in [0.2, 0.25) is 0 Å². The smallest absolute Gasteiger partial charge is 0.0736 e. The van der Waals surface area contributed by atoms with Crippen molar-refractivity contribution in [3.8, 4) is 0 Å². The van der Waals surface area contributed by atoms with E-state index in [1.165, 1.54) is 50.8 Å². The second-order valence-electron chi connectivity index (χ2n) is 9.36. The number of thiophene rings is 1. The fourth-order valence-electron chi connectivity index (χ4n) is 5.55. The van der Waals surface area contributed by atoms with E-state index in [0.717, 1.165) is 32.7 Å². The number of anilines is 2. The van der Waals surface area contributed by atoms with Crippen molar-refractivity contribution in [3.63, 3.8) is 0 Å². The molecule has 0 bridgehead atoms. The Bertz CT molecular complexity index is 1130. The zero-order valence-corrected chi connectivity index (χ0v) is 20.1. The minimum Gasteiger partial charge on any atom is -0.373 e. The third-order valence-electron chi connectivity index (χ3n) is 7.20. The molecule has 2 N–H and O–H groups in total. The Morgan fingerprint density at radius 1 is 0.909 bits per heavy atom. The number of hydrogen-bond donors (Lipinski definition) is 2. The zero-order chi connectivity index (χ0) is 22.2. The summed E-state index contributed by atoms with van der Waals surface area (Å²) in [7, 11) is 0. The van der Waals surface area contributed by atoms with Gasteiger partial charge in [-0.25, -0.2) is 0 Å². The SMILES string of the molecule is Cc1cc2c(s1)C(N1CCCC1c1ccccc1)=CC(c1ccc(N3CCNCC3)cc1)N2. The quantitative estimate of drug-likeness (QED) is 0.519. The van der Waals surface area contributed by atoms with Gasteiger partial charge in [-0.05, 0) is 55.2 Å². The summed E-state index contributed by atoms with van der Waals surface area (Å²) < 4.78 is 0. The third-order valence-corrected chi connectivity index (χ3v) is 8.28. The third kappa shape index (κ3) is 4.04. The van der Waals surface area contributed by atoms with E-state index in [0.29, 0.717) is 6.04 Å². The molecule has 0 radical (unpaired) electrons. The molecule has 2 saturated heterocycles. The normalized spacial score (nSPS) is 22.6. The number of hydrogen-bond acceptors (Lipinski definition) is 5. The molecule has 1 aromatic heterocycles. The number of fused-ring (bicyclic) bond motifs is 1. The lowest BCUT2D eigenvalue weighted by molar-refractivity contribution is 0.378. The standard InChI is InChI=1S/C28H32N4S/c1-20-18-25-28(33-20)27(32-15-5-8-26(32)22-6-3-2-4-7-22)19-24(30-25)21-9-11-23(12-10-21)31-16-13-29-14-17-31/h2-4,6-7,9-12,18-19,24,26,29-30H,5,8,13-17H2,1H3. The molecule has 0 saturated carbocycles. The first-order valence-corrected chi connectivity index (χ1v) is 13.0. The van der Waals surface area contributed by atoms with E-state index in [2.05, 4.69) is 94.1 Å². The minimum absolute atomic E-state index is 0.190. The molecule has 3 aliphatic rings. The van der Waals surface area contributed by atoms with E-state index >= 15 is 0 Å². The summed E-state index contributed by atoms with van der Waals surface area (Å²) in [5.74, 6) is 0. The van der Waals surface area contributed by atoms with Crippen LogP contribution in [0.3, 0.4) is 0 Å². The molecule has 2 aromatic carbocycles. The molecule has 6 rings (SSSR count). The van der Waals surface area contributed by atoms with Gasteiger partial charge in [0.2, 0.25) is 0 Å². The first kappa shape index (κ1) is 20.8. The number of benzene rings is 2. The van der Waals surface area contributed by atoms with Gasteiger partial charge < -0.3 is 20.4 Å². The molecular formula is C28H32N4S. The molecule has 3 aliphatic heterocycles. The highest BCUT2D eigenvalue weighted by Crippen LogP contribution is 2.47. The van der Waals surface area contributed by atoms with Crippen molar-refractivity contribution in [2.24, 2.45) is 0 Å². The van der Waals surface area contributed by atoms with E-state index in [1.807, 2.05) is 11.3 Å². The monoisotopic (exact) mass is 456 g/mol. The summed E-state index contributed by atoms with van der Waals surface area (Å²) in [6.07, 6.45) is 4.94. The van der Waals surface area contributed by atoms with E-state index in [9.17, 15) is 0 Å². The van der Waals surface area contributed by atoms with E-state index < -0.39 is 0 Å². The van der Waals surface area contributed by atoms with Crippen molar-refractivity contribution >= 4 is 28.4 Å². The molecule has 170 valence electrons. The van der Waals surface area contributed by atoms with Gasteiger partial charge >= 0.3 is 0 Å². The van der Waals surface area contributed by atoms with Crippen molar-refractivity contribution in [2.45, 2.75) is 31.8 Å². The predicted octanol–water partition coefficient (Wildman–Crippen LogP) is 5.81. The number of nitrogens with zero attached hydrogens (tertiary/aromatic N) is 2. The molecule has 33 heavy (non-hydrogen) atoms. The summed E-state index contributed by atoms with van der Waals surface area (Å²) in [6.45, 7) is 7.64. The Kier molecular flexibility index (Phi) is 5.60. The van der Waals surface area contributed by atoms with Crippen LogP contribution in [0.4, 0.5) is 11.4 Å². The molecule has 2 atom stereocenters. The number of nitrogens with one attached hydrogen (secondary N) is 2. The molecule has 0 aliphatic carbocycles. The molecule has 0 amide bonds. The van der Waals surface area contributed by atoms with Crippen molar-refractivity contribution in [3.05, 3.63) is 87.6 Å². The Morgan fingerprint density at radius 3 is 2.48 bits per heavy atom. The fourth-order valence-corrected chi connectivity index (χ4v) is 6.57. The summed E-state index contributed by atoms with van der Waals surface area (Å²) in [4.78, 5) is 7.89. The summed E-state index contributed by atoms with van der Waals surface area (Å²) in [6, 6.07) is 23.2. The lowest BCUT2D eigenvalue weighted by atomic mass is 9.99. The van der Waals surface area contributed by atoms with Gasteiger partial charge in [-0.3, -0.25) is 0 Å². The Balaban J connectivity index is 1.33. The molecule has 5 heteroatoms. The van der Waals surface area contributed by atoms with Gasteiger partial charge in [-0.2, -0.15) is 0 Å². The molecule has 2 unspecified atom stereocenters. The van der Waals surface area contributed by atoms with Crippen molar-refractivity contribution in [2.75, 3.05) is 42.9 Å². The van der Waals surface area contributed by atoms with Crippen LogP contribution in [-0.2, 0) is 0 Å². The summed E-state index contributed by atoms with van der Waals surface area (Å²) in [5, 5.41) is 7.27. The number of aryl methyl sites for hydroxylation is 1. The zero-order valence-electron chi connectivity index (χ0n) is 19.3. The van der Waals surface area contributed by atoms with Gasteiger partial charge in [-0.15, -0.1) is 11.3 Å². The number of piperazine rings is 1. The van der Waals surface area contributed by atoms with Gasteiger partial charge in [-0.1, -0.05) is 42.5 Å². The second kappa shape index (κ2) is 8.88. The first-order chi connectivity index (χ1) is 16.3. The maximum absolute atomic E-state index is 3.82. The van der Waals surface area contributed by atoms with Crippen LogP contribution in [0.5, 0.6) is 0 Å². The molecule has 3 aromatic rings. The molecular weight excluding hydrogens is 424 g/mol. The molecule has 4 nitrogen and oxygen atoms in total. The summed E-state index contributed by atoms with van der Waals surface area (Å²) >= 11 is 1.92. The van der Waals surface area contributed by atoms with Crippen LogP contribution in [0.15, 0.2) is 66.7 Å². The summed E-state index contributed by atoms with van der Waals surface area (Å²) in [5.41, 5.74) is 6.78. The van der Waals surface area contributed by atoms with Crippen molar-refractivity contribution in [1.29, 1.82) is 0 Å². The average Bonchev–Trinajstić information content (AvgIpc) is 3.51. The average molecular weight is 457 g/mol. The predicted molar refractivity (Wildman–Crippen MR) is 140 cm³/mol. The van der Waals surface area contributed by atoms with Crippen LogP contribution in [0.1, 0.15) is 45.8 Å². The lowest BCUT2D eigenvalue weighted by Gasteiger charge is -2.34. The van der Waals surface area contributed by atoms with Gasteiger partial charge in [0.1, 0.15) is 0 Å². The first-order valence-electron chi connectivity index (χ1n) is 12.2. The van der Waals surface area contributed by atoms with Crippen LogP contribution in [-0.4, -0.2) is 37.6 Å². The van der Waals surface area contributed by atoms with Crippen LogP contribution in [0, 0.1) is 6.92 Å². The highest BCUT2D eigenvalue weighted by atomic mass is 32.1. The lowest BCUT2D eigenvalue weighted by Crippen LogP contribution is -2.43. The molecule has 4 heterocycles. The van der Waals surface area contributed by atoms with Crippen LogP contribution < -0.4 is 15.5 Å². The van der Waals surface area contributed by atoms with Crippen LogP contribution in [0.25, 0.3) is 5.70 Å². The van der Waals surface area contributed by atoms with E-state index in [1.54, 1.807) is 0 Å². The topological polar surface area (TPSA) is 30.5 Å². The largest absolute Gasteiger partial charge is 0.373 e. The maximum Gasteiger partial charge on any atom is 0.0736 e. The van der Waals surface area contributed by atoms with E-state index in [4.69, 9.17) is 0 Å². The van der Waals surface area contributed by atoms with Gasteiger partial charge in [0, 0.05) is 43.3 Å². The molecule has 2 fully saturated rings. The van der Waals surface area contributed by atoms with Gasteiger partial charge in [0.05, 0.1) is 28.3 Å². The van der Waals surface area contributed by atoms with Crippen molar-refractivity contribution < 1.29 is 0 Å². The highest BCUT2D eigenvalue weighted by molar-refractivity contribution is 7.13.